The van der Waals surface area contributed by atoms with Crippen molar-refractivity contribution in [1.29, 1.82) is 0 Å². The molecule has 0 spiro atoms. The van der Waals surface area contributed by atoms with E-state index in [0.29, 0.717) is 6.61 Å². The van der Waals surface area contributed by atoms with E-state index in [1.807, 2.05) is 48.5 Å². The van der Waals surface area contributed by atoms with Crippen LogP contribution in [0.25, 0.3) is 10.6 Å². The second-order valence-electron chi connectivity index (χ2n) is 4.45. The van der Waals surface area contributed by atoms with E-state index in [2.05, 4.69) is 16.3 Å². The molecule has 5 heteroatoms. The van der Waals surface area contributed by atoms with Crippen molar-refractivity contribution in [3.05, 3.63) is 60.2 Å². The first kappa shape index (κ1) is 11.6. The van der Waals surface area contributed by atoms with Crippen molar-refractivity contribution in [2.45, 2.75) is 6.61 Å². The van der Waals surface area contributed by atoms with Crippen LogP contribution in [0.5, 0.6) is 0 Å². The third kappa shape index (κ3) is 1.88. The van der Waals surface area contributed by atoms with E-state index in [-0.39, 0.29) is 0 Å². The van der Waals surface area contributed by atoms with Gasteiger partial charge in [-0.05, 0) is 6.07 Å². The number of rotatable bonds is 2. The van der Waals surface area contributed by atoms with E-state index in [4.69, 9.17) is 4.84 Å². The molecule has 1 aromatic heterocycles. The molecule has 2 heterocycles. The van der Waals surface area contributed by atoms with Crippen molar-refractivity contribution < 1.29 is 4.84 Å². The Bertz CT molecular complexity index is 742. The number of nitrogens with zero attached hydrogens (tertiary/aromatic N) is 3. The monoisotopic (exact) mass is 281 g/mol. The Labute approximate surface area is 120 Å². The molecule has 0 saturated carbocycles. The van der Waals surface area contributed by atoms with Gasteiger partial charge in [-0.25, -0.2) is 0 Å². The van der Waals surface area contributed by atoms with Crippen LogP contribution in [0, 0.1) is 0 Å². The molecule has 1 aliphatic rings. The van der Waals surface area contributed by atoms with E-state index < -0.39 is 0 Å². The zero-order valence-electron chi connectivity index (χ0n) is 10.6. The van der Waals surface area contributed by atoms with Gasteiger partial charge in [0, 0.05) is 11.1 Å². The second kappa shape index (κ2) is 4.70. The van der Waals surface area contributed by atoms with Gasteiger partial charge in [-0.3, -0.25) is 4.84 Å². The fraction of sp³-hybridized carbons (Fsp3) is 0.0667. The summed E-state index contributed by atoms with van der Waals surface area (Å²) in [4.78, 5) is 5.70. The van der Waals surface area contributed by atoms with E-state index in [0.717, 1.165) is 21.4 Å². The van der Waals surface area contributed by atoms with Gasteiger partial charge in [-0.15, -0.1) is 10.2 Å². The molecule has 0 aliphatic carbocycles. The highest BCUT2D eigenvalue weighted by Gasteiger charge is 2.24. The van der Waals surface area contributed by atoms with Crippen LogP contribution in [0.3, 0.4) is 0 Å². The van der Waals surface area contributed by atoms with Crippen LogP contribution in [0.4, 0.5) is 10.8 Å². The Morgan fingerprint density at radius 2 is 1.75 bits per heavy atom. The van der Waals surface area contributed by atoms with E-state index >= 15 is 0 Å². The number of para-hydroxylation sites is 1. The third-order valence-corrected chi connectivity index (χ3v) is 4.11. The maximum atomic E-state index is 5.70. The Hall–Kier alpha value is -2.24. The van der Waals surface area contributed by atoms with Crippen molar-refractivity contribution in [1.82, 2.24) is 10.2 Å². The van der Waals surface area contributed by atoms with E-state index in [1.54, 1.807) is 5.06 Å². The van der Waals surface area contributed by atoms with Crippen LogP contribution >= 0.6 is 11.3 Å². The van der Waals surface area contributed by atoms with Crippen LogP contribution < -0.4 is 5.06 Å². The molecule has 20 heavy (non-hydrogen) atoms. The van der Waals surface area contributed by atoms with Gasteiger partial charge >= 0.3 is 0 Å². The van der Waals surface area contributed by atoms with Crippen LogP contribution in [-0.2, 0) is 11.4 Å². The molecular weight excluding hydrogens is 270 g/mol. The van der Waals surface area contributed by atoms with Crippen LogP contribution in [-0.4, -0.2) is 10.2 Å². The van der Waals surface area contributed by atoms with Gasteiger partial charge < -0.3 is 0 Å². The Morgan fingerprint density at radius 3 is 2.65 bits per heavy atom. The number of aromatic nitrogens is 2. The minimum Gasteiger partial charge on any atom is -0.261 e. The number of hydrogen-bond donors (Lipinski definition) is 0. The Balaban J connectivity index is 1.70. The highest BCUT2D eigenvalue weighted by atomic mass is 32.1. The molecule has 2 aromatic carbocycles. The molecule has 0 radical (unpaired) electrons. The molecule has 4 nitrogen and oxygen atoms in total. The molecule has 0 fully saturated rings. The summed E-state index contributed by atoms with van der Waals surface area (Å²) in [6.07, 6.45) is 0. The summed E-state index contributed by atoms with van der Waals surface area (Å²) in [5, 5.41) is 11.9. The summed E-state index contributed by atoms with van der Waals surface area (Å²) in [5.74, 6) is 0. The van der Waals surface area contributed by atoms with Crippen molar-refractivity contribution in [3.63, 3.8) is 0 Å². The van der Waals surface area contributed by atoms with Crippen LogP contribution in [0.2, 0.25) is 0 Å². The van der Waals surface area contributed by atoms with Crippen LogP contribution in [0.1, 0.15) is 5.56 Å². The lowest BCUT2D eigenvalue weighted by Crippen LogP contribution is -2.10. The van der Waals surface area contributed by atoms with Crippen LogP contribution in [0.15, 0.2) is 54.6 Å². The van der Waals surface area contributed by atoms with Crippen molar-refractivity contribution >= 4 is 22.2 Å². The van der Waals surface area contributed by atoms with Gasteiger partial charge in [0.1, 0.15) is 11.6 Å². The summed E-state index contributed by atoms with van der Waals surface area (Å²) in [5.41, 5.74) is 3.29. The molecule has 0 N–H and O–H groups in total. The molecule has 0 atom stereocenters. The summed E-state index contributed by atoms with van der Waals surface area (Å²) >= 11 is 1.53. The van der Waals surface area contributed by atoms with E-state index in [9.17, 15) is 0 Å². The normalized spacial score (nSPS) is 13.5. The van der Waals surface area contributed by atoms with Gasteiger partial charge in [0.2, 0.25) is 5.13 Å². The molecule has 0 amide bonds. The lowest BCUT2D eigenvalue weighted by molar-refractivity contribution is 0.145. The lowest BCUT2D eigenvalue weighted by atomic mass is 10.2. The standard InChI is InChI=1S/C15H11N3OS/c1-2-6-11(7-3-1)14-16-17-15(20-14)18-13-9-5-4-8-12(13)10-19-18/h1-9H,10H2. The Morgan fingerprint density at radius 1 is 0.950 bits per heavy atom. The molecule has 0 saturated heterocycles. The quantitative estimate of drug-likeness (QED) is 0.716. The molecule has 1 aliphatic heterocycles. The van der Waals surface area contributed by atoms with Crippen molar-refractivity contribution in [3.8, 4) is 10.6 Å². The molecule has 0 bridgehead atoms. The second-order valence-corrected chi connectivity index (χ2v) is 5.41. The highest BCUT2D eigenvalue weighted by molar-refractivity contribution is 7.18. The predicted molar refractivity (Wildman–Crippen MR) is 78.7 cm³/mol. The predicted octanol–water partition coefficient (Wildman–Crippen LogP) is 3.79. The Kier molecular flexibility index (Phi) is 2.72. The lowest BCUT2D eigenvalue weighted by Gasteiger charge is -2.12. The van der Waals surface area contributed by atoms with Gasteiger partial charge in [-0.2, -0.15) is 5.06 Å². The fourth-order valence-electron chi connectivity index (χ4n) is 2.19. The average molecular weight is 281 g/mol. The minimum absolute atomic E-state index is 0.580. The molecule has 98 valence electrons. The molecule has 0 unspecified atom stereocenters. The number of anilines is 2. The number of hydrogen-bond acceptors (Lipinski definition) is 5. The van der Waals surface area contributed by atoms with Gasteiger partial charge in [0.15, 0.2) is 0 Å². The zero-order chi connectivity index (χ0) is 13.4. The summed E-state index contributed by atoms with van der Waals surface area (Å²) < 4.78 is 0. The van der Waals surface area contributed by atoms with Crippen molar-refractivity contribution in [2.24, 2.45) is 0 Å². The molecule has 3 aromatic rings. The first-order valence-corrected chi connectivity index (χ1v) is 7.13. The summed E-state index contributed by atoms with van der Waals surface area (Å²) in [6, 6.07) is 18.2. The zero-order valence-corrected chi connectivity index (χ0v) is 11.4. The van der Waals surface area contributed by atoms with E-state index in [1.165, 1.54) is 16.9 Å². The third-order valence-electron chi connectivity index (χ3n) is 3.17. The summed E-state index contributed by atoms with van der Waals surface area (Å²) in [7, 11) is 0. The van der Waals surface area contributed by atoms with Crippen molar-refractivity contribution in [2.75, 3.05) is 5.06 Å². The SMILES string of the molecule is c1ccc(-c2nnc(N3OCc4ccccc43)s2)cc1. The van der Waals surface area contributed by atoms with Gasteiger partial charge in [0.25, 0.3) is 0 Å². The largest absolute Gasteiger partial charge is 0.261 e. The number of benzene rings is 2. The first-order valence-electron chi connectivity index (χ1n) is 6.32. The maximum Gasteiger partial charge on any atom is 0.237 e. The smallest absolute Gasteiger partial charge is 0.237 e. The fourth-order valence-corrected chi connectivity index (χ4v) is 3.01. The average Bonchev–Trinajstić information content (AvgIpc) is 3.14. The minimum atomic E-state index is 0.580. The molecule has 4 rings (SSSR count). The summed E-state index contributed by atoms with van der Waals surface area (Å²) in [6.45, 7) is 0.580. The maximum absolute atomic E-state index is 5.70. The topological polar surface area (TPSA) is 38.2 Å². The van der Waals surface area contributed by atoms with Gasteiger partial charge in [-0.1, -0.05) is 59.9 Å². The molecular formula is C15H11N3OS. The first-order chi connectivity index (χ1) is 9.92. The highest BCUT2D eigenvalue weighted by Crippen LogP contribution is 2.38. The number of fused-ring (bicyclic) bond motifs is 1. The van der Waals surface area contributed by atoms with Gasteiger partial charge in [0.05, 0.1) is 5.69 Å².